The van der Waals surface area contributed by atoms with Crippen molar-refractivity contribution in [2.24, 2.45) is 0 Å². The Hall–Kier alpha value is -4.04. The molecule has 54 heavy (non-hydrogen) atoms. The molecule has 0 saturated heterocycles. The Morgan fingerprint density at radius 3 is 0.852 bits per heavy atom. The van der Waals surface area contributed by atoms with Crippen LogP contribution in [0.4, 0.5) is 0 Å². The maximum atomic E-state index is 5.43. The number of hydrogen-bond donors (Lipinski definition) is 0. The van der Waals surface area contributed by atoms with Crippen molar-refractivity contribution >= 4 is 0 Å². The van der Waals surface area contributed by atoms with Crippen LogP contribution in [0.3, 0.4) is 0 Å². The van der Waals surface area contributed by atoms with Gasteiger partial charge in [0.05, 0.1) is 11.4 Å². The highest BCUT2D eigenvalue weighted by atomic mass is 14.9. The molecule has 5 aromatic rings. The van der Waals surface area contributed by atoms with Crippen LogP contribution in [0.15, 0.2) is 84.9 Å². The molecule has 0 amide bonds. The predicted octanol–water partition coefficient (Wildman–Crippen LogP) is 14.9. The van der Waals surface area contributed by atoms with Gasteiger partial charge in [-0.2, -0.15) is 0 Å². The zero-order valence-electron chi connectivity index (χ0n) is 37.0. The fourth-order valence-corrected chi connectivity index (χ4v) is 6.65. The zero-order chi connectivity index (χ0) is 40.4. The van der Waals surface area contributed by atoms with Gasteiger partial charge in [-0.25, -0.2) is 9.97 Å². The second-order valence-electron chi connectivity index (χ2n) is 21.9. The molecule has 0 unspecified atom stereocenters. The lowest BCUT2D eigenvalue weighted by Gasteiger charge is -2.27. The largest absolute Gasteiger partial charge is 0.228 e. The molecule has 1 heterocycles. The first-order chi connectivity index (χ1) is 24.5. The minimum atomic E-state index is -0.0147. The normalized spacial score (nSPS) is 13.4. The summed E-state index contributed by atoms with van der Waals surface area (Å²) in [5.74, 6) is 0.740. The molecular formula is C52H68N2. The van der Waals surface area contributed by atoms with Gasteiger partial charge in [0.25, 0.3) is 0 Å². The topological polar surface area (TPSA) is 25.8 Å². The van der Waals surface area contributed by atoms with Gasteiger partial charge in [-0.15, -0.1) is 0 Å². The van der Waals surface area contributed by atoms with Gasteiger partial charge in [0.1, 0.15) is 0 Å². The molecule has 2 nitrogen and oxygen atoms in total. The molecule has 0 aliphatic heterocycles. The van der Waals surface area contributed by atoms with Gasteiger partial charge in [0.2, 0.25) is 0 Å². The van der Waals surface area contributed by atoms with Crippen molar-refractivity contribution in [3.8, 4) is 45.0 Å². The van der Waals surface area contributed by atoms with E-state index in [0.717, 1.165) is 33.9 Å². The maximum absolute atomic E-state index is 5.43. The Kier molecular flexibility index (Phi) is 10.6. The summed E-state index contributed by atoms with van der Waals surface area (Å²) in [6, 6.07) is 32.4. The molecule has 0 atom stereocenters. The van der Waals surface area contributed by atoms with Gasteiger partial charge >= 0.3 is 0 Å². The average Bonchev–Trinajstić information content (AvgIpc) is 3.05. The summed E-state index contributed by atoms with van der Waals surface area (Å²) in [6.07, 6.45) is 0. The highest BCUT2D eigenvalue weighted by molar-refractivity contribution is 5.76. The number of aromatic nitrogens is 2. The molecule has 2 heteroatoms. The van der Waals surface area contributed by atoms with Crippen molar-refractivity contribution in [1.82, 2.24) is 9.97 Å². The van der Waals surface area contributed by atoms with Crippen LogP contribution in [-0.4, -0.2) is 9.97 Å². The predicted molar refractivity (Wildman–Crippen MR) is 236 cm³/mol. The molecule has 0 N–H and O–H groups in total. The summed E-state index contributed by atoms with van der Waals surface area (Å²) in [7, 11) is 0. The summed E-state index contributed by atoms with van der Waals surface area (Å²) in [6.45, 7) is 41.4. The highest BCUT2D eigenvalue weighted by Gasteiger charge is 2.25. The Balaban J connectivity index is 1.83. The Morgan fingerprint density at radius 1 is 0.278 bits per heavy atom. The van der Waals surface area contributed by atoms with Crippen LogP contribution in [0.5, 0.6) is 0 Å². The fraction of sp³-hybridized carbons (Fsp3) is 0.462. The average molecular weight is 721 g/mol. The van der Waals surface area contributed by atoms with Gasteiger partial charge in [-0.1, -0.05) is 173 Å². The first-order valence-corrected chi connectivity index (χ1v) is 20.0. The smallest absolute Gasteiger partial charge is 0.160 e. The summed E-state index contributed by atoms with van der Waals surface area (Å²) >= 11 is 0. The molecule has 0 radical (unpaired) electrons. The van der Waals surface area contributed by atoms with Gasteiger partial charge in [-0.05, 0) is 113 Å². The third kappa shape index (κ3) is 9.42. The number of nitrogens with zero attached hydrogens (tertiary/aromatic N) is 2. The summed E-state index contributed by atoms with van der Waals surface area (Å²) in [4.78, 5) is 10.9. The van der Waals surface area contributed by atoms with Crippen LogP contribution in [0.2, 0.25) is 0 Å². The van der Waals surface area contributed by atoms with Crippen LogP contribution >= 0.6 is 0 Å². The van der Waals surface area contributed by atoms with E-state index in [4.69, 9.17) is 9.97 Å². The van der Waals surface area contributed by atoms with E-state index >= 15 is 0 Å². The molecule has 0 bridgehead atoms. The van der Waals surface area contributed by atoms with Crippen molar-refractivity contribution in [2.75, 3.05) is 0 Å². The van der Waals surface area contributed by atoms with E-state index < -0.39 is 0 Å². The number of hydrogen-bond acceptors (Lipinski definition) is 2. The molecule has 286 valence electrons. The zero-order valence-corrected chi connectivity index (χ0v) is 37.0. The van der Waals surface area contributed by atoms with E-state index in [2.05, 4.69) is 210 Å². The molecule has 0 aliphatic rings. The van der Waals surface area contributed by atoms with Crippen molar-refractivity contribution in [2.45, 2.75) is 157 Å². The van der Waals surface area contributed by atoms with Gasteiger partial charge in [0, 0.05) is 16.7 Å². The first kappa shape index (κ1) is 41.1. The summed E-state index contributed by atoms with van der Waals surface area (Å²) < 4.78 is 0. The van der Waals surface area contributed by atoms with E-state index in [1.165, 1.54) is 44.5 Å². The van der Waals surface area contributed by atoms with Crippen molar-refractivity contribution in [3.63, 3.8) is 0 Å². The van der Waals surface area contributed by atoms with Crippen LogP contribution < -0.4 is 0 Å². The Morgan fingerprint density at radius 2 is 0.556 bits per heavy atom. The Labute approximate surface area is 329 Å². The fourth-order valence-electron chi connectivity index (χ4n) is 6.65. The van der Waals surface area contributed by atoms with Crippen LogP contribution in [0.1, 0.15) is 158 Å². The summed E-state index contributed by atoms with van der Waals surface area (Å²) in [5, 5.41) is 0. The van der Waals surface area contributed by atoms with E-state index in [0.29, 0.717) is 0 Å². The summed E-state index contributed by atoms with van der Waals surface area (Å²) in [5.41, 5.74) is 15.5. The quantitative estimate of drug-likeness (QED) is 0.185. The second kappa shape index (κ2) is 13.9. The lowest BCUT2D eigenvalue weighted by Crippen LogP contribution is -2.17. The maximum Gasteiger partial charge on any atom is 0.160 e. The van der Waals surface area contributed by atoms with E-state index in [1.807, 2.05) is 0 Å². The molecule has 0 saturated carbocycles. The monoisotopic (exact) mass is 721 g/mol. The number of benzene rings is 4. The highest BCUT2D eigenvalue weighted by Crippen LogP contribution is 2.39. The van der Waals surface area contributed by atoms with E-state index in [-0.39, 0.29) is 32.5 Å². The van der Waals surface area contributed by atoms with Crippen LogP contribution in [0.25, 0.3) is 45.0 Å². The lowest BCUT2D eigenvalue weighted by atomic mass is 9.78. The van der Waals surface area contributed by atoms with Gasteiger partial charge in [-0.3, -0.25) is 0 Å². The van der Waals surface area contributed by atoms with Crippen LogP contribution in [0, 0.1) is 0 Å². The SMILES string of the molecule is CC(C)(C)c1cc(-c2cccc(-c3nc(-c4cc(C(C)(C)C)cc(C(C)(C)C)c4)cc(-c4cc(C(C)(C)C)cc(C(C)(C)C)c4)n3)c2)cc(C(C)(C)C)c1. The lowest BCUT2D eigenvalue weighted by molar-refractivity contribution is 0.568. The molecule has 4 aromatic carbocycles. The molecule has 1 aromatic heterocycles. The van der Waals surface area contributed by atoms with E-state index in [1.54, 1.807) is 0 Å². The van der Waals surface area contributed by atoms with E-state index in [9.17, 15) is 0 Å². The molecule has 0 spiro atoms. The Bertz CT molecular complexity index is 1960. The first-order valence-electron chi connectivity index (χ1n) is 20.0. The number of rotatable bonds is 4. The standard InChI is InChI=1S/C52H68N2/c1-47(2,3)38-23-35(24-39(29-38)48(4,5)6)33-20-19-21-34(22-33)46-53-44(36-25-40(49(7,8)9)30-41(26-36)50(10,11)12)32-45(54-46)37-27-42(51(13,14)15)31-43(28-37)52(16,17)18/h19-32H,1-18H3. The minimum absolute atomic E-state index is 0.0147. The van der Waals surface area contributed by atoms with Crippen molar-refractivity contribution in [1.29, 1.82) is 0 Å². The minimum Gasteiger partial charge on any atom is -0.228 e. The third-order valence-corrected chi connectivity index (χ3v) is 10.8. The molecule has 0 aliphatic carbocycles. The van der Waals surface area contributed by atoms with Crippen molar-refractivity contribution in [3.05, 3.63) is 118 Å². The van der Waals surface area contributed by atoms with Gasteiger partial charge < -0.3 is 0 Å². The second-order valence-corrected chi connectivity index (χ2v) is 21.9. The van der Waals surface area contributed by atoms with Crippen molar-refractivity contribution < 1.29 is 0 Å². The molecule has 0 fully saturated rings. The van der Waals surface area contributed by atoms with Crippen LogP contribution in [-0.2, 0) is 32.5 Å². The molecular weight excluding hydrogens is 653 g/mol. The third-order valence-electron chi connectivity index (χ3n) is 10.8. The van der Waals surface area contributed by atoms with Gasteiger partial charge in [0.15, 0.2) is 5.82 Å². The molecule has 5 rings (SSSR count).